The number of nitrogens with two attached hydrogens (primary N) is 4. The van der Waals surface area contributed by atoms with E-state index >= 15 is 0 Å². The summed E-state index contributed by atoms with van der Waals surface area (Å²) in [4.78, 5) is 93.8. The number of imidazole rings is 1. The Kier molecular flexibility index (Phi) is 22.2. The Bertz CT molecular complexity index is 4800. The van der Waals surface area contributed by atoms with Gasteiger partial charge in [0.1, 0.15) is 12.1 Å². The zero-order valence-corrected chi connectivity index (χ0v) is 58.5. The van der Waals surface area contributed by atoms with Crippen molar-refractivity contribution < 1.29 is 9.59 Å². The second-order valence-corrected chi connectivity index (χ2v) is 26.8. The molecule has 31 heteroatoms. The van der Waals surface area contributed by atoms with Crippen molar-refractivity contribution in [3.63, 3.8) is 0 Å². The zero-order valence-electron chi connectivity index (χ0n) is 58.5. The number of benzene rings is 4. The van der Waals surface area contributed by atoms with Crippen LogP contribution in [0, 0.1) is 45.3 Å². The first-order chi connectivity index (χ1) is 51.7. The van der Waals surface area contributed by atoms with Gasteiger partial charge in [-0.2, -0.15) is 45.6 Å². The van der Waals surface area contributed by atoms with Gasteiger partial charge in [0.2, 0.25) is 23.8 Å². The molecule has 106 heavy (non-hydrogen) atoms. The molecule has 4 aromatic carbocycles. The number of aliphatic imine (C=N–C) groups is 4. The van der Waals surface area contributed by atoms with Crippen molar-refractivity contribution in [2.75, 3.05) is 75.2 Å². The number of fused-ring (bicyclic) bond motifs is 4. The van der Waals surface area contributed by atoms with Gasteiger partial charge in [0.05, 0.1) is 110 Å². The Morgan fingerprint density at radius 2 is 1.00 bits per heavy atom. The van der Waals surface area contributed by atoms with Gasteiger partial charge in [-0.05, 0) is 110 Å². The largest absolute Gasteiger partial charge is 0.356 e. The quantitative estimate of drug-likeness (QED) is 0.140. The molecule has 0 radical (unpaired) electrons. The molecule has 4 fully saturated rings. The highest BCUT2D eigenvalue weighted by Gasteiger charge is 2.40. The number of hydrogen-bond acceptors (Lipinski definition) is 23. The minimum atomic E-state index is -0.227. The third-order valence-corrected chi connectivity index (χ3v) is 19.5. The van der Waals surface area contributed by atoms with Gasteiger partial charge in [0.25, 0.3) is 0 Å². The number of likely N-dealkylation sites (tertiary alicyclic amines) is 2. The van der Waals surface area contributed by atoms with Crippen LogP contribution in [0.5, 0.6) is 0 Å². The molecule has 0 unspecified atom stereocenters. The molecule has 0 saturated carbocycles. The van der Waals surface area contributed by atoms with Gasteiger partial charge in [-0.1, -0.05) is 72.8 Å². The fourth-order valence-electron chi connectivity index (χ4n) is 14.1. The van der Waals surface area contributed by atoms with Crippen LogP contribution in [0.1, 0.15) is 95.9 Å². The fraction of sp³-hybridized carbons (Fsp3) is 0.347. The topological polar surface area (TPSA) is 400 Å². The lowest BCUT2D eigenvalue weighted by molar-refractivity contribution is 0.174. The van der Waals surface area contributed by atoms with Crippen molar-refractivity contribution in [2.24, 2.45) is 42.9 Å². The number of rotatable bonds is 10. The number of carbonyl (C=O) groups excluding carboxylic acids is 2. The standard InChI is InChI=1S/2C19H21N7O.C19H20N6O.C18H19N7O/c20-11-14-5-1-2-6-15(14)12-26-18(24-9-3-7-16(21)13-24)23-17-22-8-4-10-25(17)19(26)27;20-10-14-4-1-2-5-15(14)12-26-18(24-8-3-6-16(21)13-24)23-17-11-22-7-9-25(17)19(26)27;20-11-14-4-1-2-5-15(14)12-24-18(23-9-3-6-16(21)13-23)10-17-7-8-22-25(17)19(24)26;19-8-13-4-1-2-5-14(13)10-24-17(23-7-3-6-15(20)11-23)22-16-9-21-12-25(16)18(24)26/h1-2,4-6,8,16H,3,7,9-10,12-13,21H2;1-2,4-5,7,11,16H,3,6,8-9,12-13,21H2;1-2,4-5,7-8,10,16H,3,6,9,12-13,21H2;1-2,4-5,9,12,15H,3,6-7,10-11,20H2/t3*16-;15-/m1111/s1. The molecule has 4 amide bonds. The summed E-state index contributed by atoms with van der Waals surface area (Å²) < 4.78 is 6.10. The minimum absolute atomic E-state index is 0.0519. The highest BCUT2D eigenvalue weighted by Crippen LogP contribution is 2.29. The Morgan fingerprint density at radius 3 is 1.55 bits per heavy atom. The number of urea groups is 2. The van der Waals surface area contributed by atoms with Gasteiger partial charge in [0, 0.05) is 95.0 Å². The first kappa shape index (κ1) is 71.7. The molecule has 0 bridgehead atoms. The lowest BCUT2D eigenvalue weighted by Crippen LogP contribution is -2.60. The fourth-order valence-corrected chi connectivity index (χ4v) is 14.1. The molecule has 16 rings (SSSR count). The second-order valence-electron chi connectivity index (χ2n) is 26.8. The number of aromatic nitrogens is 7. The van der Waals surface area contributed by atoms with Crippen molar-refractivity contribution in [3.8, 4) is 24.3 Å². The summed E-state index contributed by atoms with van der Waals surface area (Å²) in [6.45, 7) is 7.87. The summed E-state index contributed by atoms with van der Waals surface area (Å²) in [5, 5.41) is 41.7. The van der Waals surface area contributed by atoms with Crippen LogP contribution in [0.15, 0.2) is 182 Å². The number of nitrogens with zero attached hydrogens (tertiary/aromatic N) is 23. The lowest BCUT2D eigenvalue weighted by Gasteiger charge is -2.42. The van der Waals surface area contributed by atoms with Crippen molar-refractivity contribution >= 4 is 59.1 Å². The van der Waals surface area contributed by atoms with E-state index in [9.17, 15) is 40.2 Å². The van der Waals surface area contributed by atoms with E-state index in [1.807, 2.05) is 91.0 Å². The van der Waals surface area contributed by atoms with Crippen molar-refractivity contribution in [3.05, 3.63) is 218 Å². The summed E-state index contributed by atoms with van der Waals surface area (Å²) in [6, 6.07) is 41.8. The first-order valence-electron chi connectivity index (χ1n) is 35.4. The predicted molar refractivity (Wildman–Crippen MR) is 399 cm³/mol. The Labute approximate surface area is 611 Å². The monoisotopic (exact) mass is 1420 g/mol. The Morgan fingerprint density at radius 1 is 0.519 bits per heavy atom. The summed E-state index contributed by atoms with van der Waals surface area (Å²) >= 11 is 0. The highest BCUT2D eigenvalue weighted by molar-refractivity contribution is 6.13. The molecule has 4 aromatic heterocycles. The molecule has 8 N–H and O–H groups in total. The van der Waals surface area contributed by atoms with Crippen LogP contribution in [0.4, 0.5) is 21.4 Å². The zero-order chi connectivity index (χ0) is 73.8. The Balaban J connectivity index is 0.000000125. The average Bonchev–Trinajstić information content (AvgIpc) is 1.20. The van der Waals surface area contributed by atoms with E-state index < -0.39 is 0 Å². The van der Waals surface area contributed by atoms with Crippen LogP contribution in [-0.2, 0) is 26.2 Å². The van der Waals surface area contributed by atoms with E-state index in [1.165, 1.54) is 15.2 Å². The number of anilines is 2. The number of guanidine groups is 3. The van der Waals surface area contributed by atoms with Gasteiger partial charge in [0.15, 0.2) is 11.5 Å². The molecular weight excluding hydrogens is 1340 g/mol. The molecule has 0 aliphatic carbocycles. The molecule has 31 nitrogen and oxygen atoms in total. The number of nitriles is 4. The number of piperidine rings is 4. The Hall–Kier alpha value is -12.7. The molecule has 4 saturated heterocycles. The van der Waals surface area contributed by atoms with E-state index in [0.717, 1.165) is 111 Å². The van der Waals surface area contributed by atoms with Gasteiger partial charge in [-0.15, -0.1) is 0 Å². The van der Waals surface area contributed by atoms with Gasteiger partial charge in [-0.3, -0.25) is 33.7 Å². The van der Waals surface area contributed by atoms with Gasteiger partial charge >= 0.3 is 23.4 Å². The van der Waals surface area contributed by atoms with Crippen LogP contribution in [0.25, 0.3) is 11.2 Å². The van der Waals surface area contributed by atoms with Crippen molar-refractivity contribution in [1.82, 2.24) is 62.5 Å². The van der Waals surface area contributed by atoms with Crippen molar-refractivity contribution in [2.45, 2.75) is 102 Å². The molecule has 0 spiro atoms. The molecule has 12 heterocycles. The maximum Gasteiger partial charge on any atom is 0.351 e. The van der Waals surface area contributed by atoms with E-state index in [4.69, 9.17) is 27.9 Å². The van der Waals surface area contributed by atoms with E-state index in [2.05, 4.69) is 73.9 Å². The number of carbonyl (C=O) groups is 2. The predicted octanol–water partition coefficient (Wildman–Crippen LogP) is 5.00. The average molecular weight is 1420 g/mol. The third-order valence-electron chi connectivity index (χ3n) is 19.5. The van der Waals surface area contributed by atoms with Crippen LogP contribution >= 0.6 is 0 Å². The normalized spacial score (nSPS) is 19.8. The minimum Gasteiger partial charge on any atom is -0.356 e. The SMILES string of the molecule is N#Cc1ccccc1CN1C(=O)N2CC=CN=C2N=C1N1CCC[C@@H](N)C1.N#Cc1ccccc1CN1C(=O)N2CC=NC=C2N=C1N1CCC[C@@H](N)C1.N#Cc1ccccc1Cn1c(N2CCC[C@@H](N)C2)cc2ccnn2c1=O.N#Cc1ccccc1Cn1c(N2CCC[C@@H](N)C2)nc2cncn2c1=O. The van der Waals surface area contributed by atoms with E-state index in [1.54, 1.807) is 84.0 Å². The molecule has 8 aromatic rings. The molecule has 8 aliphatic heterocycles. The molecule has 8 aliphatic rings. The molecule has 540 valence electrons. The number of hydrogen-bond donors (Lipinski definition) is 4. The van der Waals surface area contributed by atoms with E-state index in [-0.39, 0.29) is 67.2 Å². The lowest BCUT2D eigenvalue weighted by atomic mass is 10.1. The smallest absolute Gasteiger partial charge is 0.351 e. The summed E-state index contributed by atoms with van der Waals surface area (Å²) in [7, 11) is 0. The van der Waals surface area contributed by atoms with Gasteiger partial charge < -0.3 is 42.5 Å². The van der Waals surface area contributed by atoms with Gasteiger partial charge in [-0.25, -0.2) is 33.6 Å². The van der Waals surface area contributed by atoms with Crippen LogP contribution in [-0.4, -0.2) is 188 Å². The summed E-state index contributed by atoms with van der Waals surface area (Å²) in [6.07, 6.45) is 19.2. The van der Waals surface area contributed by atoms with Crippen molar-refractivity contribution in [1.29, 1.82) is 21.0 Å². The molecule has 4 atom stereocenters. The second kappa shape index (κ2) is 32.8. The van der Waals surface area contributed by atoms with Crippen LogP contribution in [0.2, 0.25) is 0 Å². The maximum atomic E-state index is 13.2. The molecular formula is C75H81N27O4. The number of amides is 4. The summed E-state index contributed by atoms with van der Waals surface area (Å²) in [5.74, 6) is 3.50. The first-order valence-corrected chi connectivity index (χ1v) is 35.4. The summed E-state index contributed by atoms with van der Waals surface area (Å²) in [5.41, 5.74) is 30.8. The van der Waals surface area contributed by atoms with Crippen LogP contribution < -0.4 is 44.1 Å². The highest BCUT2D eigenvalue weighted by atomic mass is 16.2. The maximum absolute atomic E-state index is 13.2. The van der Waals surface area contributed by atoms with E-state index in [0.29, 0.717) is 103 Å². The van der Waals surface area contributed by atoms with Crippen LogP contribution in [0.3, 0.4) is 0 Å². The third kappa shape index (κ3) is 15.8.